The van der Waals surface area contributed by atoms with E-state index >= 15 is 0 Å². The molecule has 0 amide bonds. The lowest BCUT2D eigenvalue weighted by Crippen LogP contribution is -2.32. The molecule has 1 aromatic rings. The SMILES string of the molecule is Cc1sc(C(CN)N2CCC(C(C)C)C2)cc1Br. The molecule has 2 heterocycles. The summed E-state index contributed by atoms with van der Waals surface area (Å²) in [5.41, 5.74) is 6.02. The maximum Gasteiger partial charge on any atom is 0.0564 e. The van der Waals surface area contributed by atoms with Crippen molar-refractivity contribution in [1.29, 1.82) is 0 Å². The summed E-state index contributed by atoms with van der Waals surface area (Å²) in [6, 6.07) is 2.66. The quantitative estimate of drug-likeness (QED) is 0.909. The first-order valence-electron chi connectivity index (χ1n) is 6.72. The number of halogens is 1. The number of likely N-dealkylation sites (tertiary alicyclic amines) is 1. The predicted octanol–water partition coefficient (Wildman–Crippen LogP) is 3.80. The number of rotatable bonds is 4. The van der Waals surface area contributed by atoms with Gasteiger partial charge in [-0.3, -0.25) is 4.90 Å². The summed E-state index contributed by atoms with van der Waals surface area (Å²) in [6.07, 6.45) is 1.32. The standard InChI is InChI=1S/C14H23BrN2S/c1-9(2)11-4-5-17(8-11)13(7-16)14-6-12(15)10(3)18-14/h6,9,11,13H,4-5,7-8,16H2,1-3H3. The monoisotopic (exact) mass is 330 g/mol. The van der Waals surface area contributed by atoms with Crippen molar-refractivity contribution in [2.24, 2.45) is 17.6 Å². The molecular formula is C14H23BrN2S. The molecule has 2 unspecified atom stereocenters. The van der Waals surface area contributed by atoms with Crippen LogP contribution in [0.2, 0.25) is 0 Å². The van der Waals surface area contributed by atoms with Crippen LogP contribution in [0.25, 0.3) is 0 Å². The maximum atomic E-state index is 6.02. The first-order chi connectivity index (χ1) is 8.52. The molecule has 0 spiro atoms. The summed E-state index contributed by atoms with van der Waals surface area (Å²) < 4.78 is 1.22. The average molecular weight is 331 g/mol. The topological polar surface area (TPSA) is 29.3 Å². The number of hydrogen-bond acceptors (Lipinski definition) is 3. The molecule has 2 atom stereocenters. The summed E-state index contributed by atoms with van der Waals surface area (Å²) in [4.78, 5) is 5.33. The van der Waals surface area contributed by atoms with Crippen LogP contribution in [-0.2, 0) is 0 Å². The van der Waals surface area contributed by atoms with Crippen molar-refractivity contribution in [3.05, 3.63) is 20.3 Å². The molecule has 0 bridgehead atoms. The van der Waals surface area contributed by atoms with Gasteiger partial charge in [0.2, 0.25) is 0 Å². The van der Waals surface area contributed by atoms with Crippen molar-refractivity contribution in [2.75, 3.05) is 19.6 Å². The Balaban J connectivity index is 2.10. The van der Waals surface area contributed by atoms with Gasteiger partial charge in [0, 0.05) is 27.3 Å². The van der Waals surface area contributed by atoms with Gasteiger partial charge in [0.1, 0.15) is 0 Å². The molecule has 1 fully saturated rings. The van der Waals surface area contributed by atoms with Gasteiger partial charge in [-0.1, -0.05) is 13.8 Å². The van der Waals surface area contributed by atoms with Crippen LogP contribution in [0.1, 0.15) is 36.1 Å². The second-order valence-electron chi connectivity index (χ2n) is 5.59. The zero-order chi connectivity index (χ0) is 13.3. The summed E-state index contributed by atoms with van der Waals surface area (Å²) in [5, 5.41) is 0. The van der Waals surface area contributed by atoms with E-state index < -0.39 is 0 Å². The Hall–Kier alpha value is 0.100. The van der Waals surface area contributed by atoms with E-state index in [0.29, 0.717) is 6.04 Å². The normalized spacial score (nSPS) is 22.9. The van der Waals surface area contributed by atoms with Crippen LogP contribution in [0.15, 0.2) is 10.5 Å². The van der Waals surface area contributed by atoms with Gasteiger partial charge in [-0.15, -0.1) is 11.3 Å². The highest BCUT2D eigenvalue weighted by atomic mass is 79.9. The van der Waals surface area contributed by atoms with Crippen molar-refractivity contribution in [3.8, 4) is 0 Å². The Morgan fingerprint density at radius 1 is 1.56 bits per heavy atom. The highest BCUT2D eigenvalue weighted by Gasteiger charge is 2.30. The number of nitrogens with two attached hydrogens (primary N) is 1. The minimum absolute atomic E-state index is 0.406. The smallest absolute Gasteiger partial charge is 0.0564 e. The van der Waals surface area contributed by atoms with Crippen LogP contribution in [-0.4, -0.2) is 24.5 Å². The van der Waals surface area contributed by atoms with Gasteiger partial charge in [-0.05, 0) is 53.7 Å². The molecule has 0 saturated carbocycles. The molecule has 0 aliphatic carbocycles. The summed E-state index contributed by atoms with van der Waals surface area (Å²) in [6.45, 7) is 9.94. The lowest BCUT2D eigenvalue weighted by Gasteiger charge is -2.26. The number of thiophene rings is 1. The molecule has 18 heavy (non-hydrogen) atoms. The summed E-state index contributed by atoms with van der Waals surface area (Å²) >= 11 is 5.48. The molecule has 2 nitrogen and oxygen atoms in total. The van der Waals surface area contributed by atoms with E-state index in [4.69, 9.17) is 5.73 Å². The maximum absolute atomic E-state index is 6.02. The lowest BCUT2D eigenvalue weighted by molar-refractivity contribution is 0.235. The van der Waals surface area contributed by atoms with E-state index in [1.807, 2.05) is 11.3 Å². The highest BCUT2D eigenvalue weighted by molar-refractivity contribution is 9.10. The fourth-order valence-electron chi connectivity index (χ4n) is 2.73. The second kappa shape index (κ2) is 6.04. The Bertz CT molecular complexity index is 383. The Morgan fingerprint density at radius 2 is 2.28 bits per heavy atom. The molecular weight excluding hydrogens is 308 g/mol. The molecule has 1 aliphatic rings. The first-order valence-corrected chi connectivity index (χ1v) is 8.33. The zero-order valence-corrected chi connectivity index (χ0v) is 13.9. The van der Waals surface area contributed by atoms with E-state index in [1.165, 1.54) is 33.7 Å². The number of nitrogens with zero attached hydrogens (tertiary/aromatic N) is 1. The van der Waals surface area contributed by atoms with Gasteiger partial charge in [-0.25, -0.2) is 0 Å². The number of aryl methyl sites for hydroxylation is 1. The Kier molecular flexibility index (Phi) is 4.86. The van der Waals surface area contributed by atoms with Crippen LogP contribution in [0.4, 0.5) is 0 Å². The summed E-state index contributed by atoms with van der Waals surface area (Å²) in [5.74, 6) is 1.62. The summed E-state index contributed by atoms with van der Waals surface area (Å²) in [7, 11) is 0. The Morgan fingerprint density at radius 3 is 2.72 bits per heavy atom. The average Bonchev–Trinajstić information content (AvgIpc) is 2.89. The van der Waals surface area contributed by atoms with Crippen LogP contribution < -0.4 is 5.73 Å². The third-order valence-electron chi connectivity index (χ3n) is 4.07. The molecule has 1 aromatic heterocycles. The second-order valence-corrected chi connectivity index (χ2v) is 7.73. The van der Waals surface area contributed by atoms with Crippen molar-refractivity contribution in [3.63, 3.8) is 0 Å². The first kappa shape index (κ1) is 14.5. The molecule has 0 radical (unpaired) electrons. The molecule has 1 aliphatic heterocycles. The van der Waals surface area contributed by atoms with Gasteiger partial charge in [-0.2, -0.15) is 0 Å². The minimum atomic E-state index is 0.406. The predicted molar refractivity (Wildman–Crippen MR) is 83.1 cm³/mol. The van der Waals surface area contributed by atoms with Gasteiger partial charge in [0.25, 0.3) is 0 Å². The largest absolute Gasteiger partial charge is 0.329 e. The molecule has 102 valence electrons. The molecule has 1 saturated heterocycles. The van der Waals surface area contributed by atoms with Gasteiger partial charge < -0.3 is 5.73 Å². The van der Waals surface area contributed by atoms with Crippen molar-refractivity contribution in [2.45, 2.75) is 33.2 Å². The Labute approximate surface area is 123 Å². The van der Waals surface area contributed by atoms with Gasteiger partial charge in [0.05, 0.1) is 6.04 Å². The van der Waals surface area contributed by atoms with Gasteiger partial charge >= 0.3 is 0 Å². The fourth-order valence-corrected chi connectivity index (χ4v) is 4.44. The molecule has 4 heteroatoms. The zero-order valence-electron chi connectivity index (χ0n) is 11.4. The van der Waals surface area contributed by atoms with E-state index in [9.17, 15) is 0 Å². The van der Waals surface area contributed by atoms with Crippen LogP contribution >= 0.6 is 27.3 Å². The van der Waals surface area contributed by atoms with E-state index in [0.717, 1.165) is 18.4 Å². The highest BCUT2D eigenvalue weighted by Crippen LogP contribution is 2.36. The van der Waals surface area contributed by atoms with Gasteiger partial charge in [0.15, 0.2) is 0 Å². The van der Waals surface area contributed by atoms with Crippen molar-refractivity contribution in [1.82, 2.24) is 4.90 Å². The van der Waals surface area contributed by atoms with Crippen LogP contribution in [0.5, 0.6) is 0 Å². The van der Waals surface area contributed by atoms with Crippen LogP contribution in [0, 0.1) is 18.8 Å². The third kappa shape index (κ3) is 2.98. The molecule has 0 aromatic carbocycles. The van der Waals surface area contributed by atoms with Crippen molar-refractivity contribution < 1.29 is 0 Å². The lowest BCUT2D eigenvalue weighted by atomic mass is 9.95. The fraction of sp³-hybridized carbons (Fsp3) is 0.714. The number of hydrogen-bond donors (Lipinski definition) is 1. The van der Waals surface area contributed by atoms with E-state index in [-0.39, 0.29) is 0 Å². The molecule has 2 N–H and O–H groups in total. The van der Waals surface area contributed by atoms with Crippen molar-refractivity contribution >= 4 is 27.3 Å². The van der Waals surface area contributed by atoms with Crippen LogP contribution in [0.3, 0.4) is 0 Å². The van der Waals surface area contributed by atoms with E-state index in [2.05, 4.69) is 47.7 Å². The third-order valence-corrected chi connectivity index (χ3v) is 6.31. The van der Waals surface area contributed by atoms with E-state index in [1.54, 1.807) is 0 Å². The molecule has 2 rings (SSSR count). The minimum Gasteiger partial charge on any atom is -0.329 e.